The van der Waals surface area contributed by atoms with Gasteiger partial charge in [-0.3, -0.25) is 4.79 Å². The Morgan fingerprint density at radius 2 is 1.91 bits per heavy atom. The minimum Gasteiger partial charge on any atom is -0.381 e. The van der Waals surface area contributed by atoms with E-state index in [-0.39, 0.29) is 18.3 Å². The number of rotatable bonds is 4. The predicted molar refractivity (Wildman–Crippen MR) is 136 cm³/mol. The summed E-state index contributed by atoms with van der Waals surface area (Å²) in [5, 5.41) is 0.662. The first-order chi connectivity index (χ1) is 16.0. The molecule has 1 amide bonds. The highest BCUT2D eigenvalue weighted by atomic mass is 35.5. The Morgan fingerprint density at radius 1 is 1.15 bits per heavy atom. The summed E-state index contributed by atoms with van der Waals surface area (Å²) >= 11 is 6.60. The van der Waals surface area contributed by atoms with Crippen LogP contribution in [0.15, 0.2) is 24.3 Å². The lowest BCUT2D eigenvalue weighted by molar-refractivity contribution is -0.129. The van der Waals surface area contributed by atoms with Crippen molar-refractivity contribution in [3.63, 3.8) is 0 Å². The van der Waals surface area contributed by atoms with Crippen LogP contribution in [-0.2, 0) is 16.1 Å². The molecule has 0 aliphatic carbocycles. The number of halogens is 2. The van der Waals surface area contributed by atoms with Crippen molar-refractivity contribution in [3.8, 4) is 11.4 Å². The first-order valence-corrected chi connectivity index (χ1v) is 12.0. The number of ether oxygens (including phenoxy) is 1. The van der Waals surface area contributed by atoms with E-state index in [1.807, 2.05) is 36.1 Å². The van der Waals surface area contributed by atoms with Gasteiger partial charge in [0.2, 0.25) is 5.91 Å². The fourth-order valence-corrected chi connectivity index (χ4v) is 5.00. The van der Waals surface area contributed by atoms with Gasteiger partial charge in [0.05, 0.1) is 11.6 Å². The molecule has 1 aromatic carbocycles. The van der Waals surface area contributed by atoms with Crippen molar-refractivity contribution in [1.29, 1.82) is 0 Å². The third-order valence-corrected chi connectivity index (χ3v) is 6.85. The summed E-state index contributed by atoms with van der Waals surface area (Å²) in [4.78, 5) is 30.6. The number of fused-ring (bicyclic) bond motifs is 1. The van der Waals surface area contributed by atoms with Crippen molar-refractivity contribution < 1.29 is 9.53 Å². The summed E-state index contributed by atoms with van der Waals surface area (Å²) < 4.78 is 7.95. The molecule has 0 spiro atoms. The molecule has 8 nitrogen and oxygen atoms in total. The van der Waals surface area contributed by atoms with Crippen LogP contribution in [0.2, 0.25) is 5.02 Å². The quantitative estimate of drug-likeness (QED) is 0.534. The average Bonchev–Trinajstić information content (AvgIpc) is 3.17. The lowest BCUT2D eigenvalue weighted by Gasteiger charge is -2.35. The third kappa shape index (κ3) is 4.85. The van der Waals surface area contributed by atoms with E-state index >= 15 is 0 Å². The van der Waals surface area contributed by atoms with E-state index in [4.69, 9.17) is 31.3 Å². The second kappa shape index (κ2) is 10.5. The normalized spacial score (nSPS) is 18.7. The number of aryl methyl sites for hydroxylation is 1. The zero-order valence-electron chi connectivity index (χ0n) is 19.5. The molecule has 0 bridgehead atoms. The lowest BCUT2D eigenvalue weighted by Crippen LogP contribution is -2.48. The third-order valence-electron chi connectivity index (χ3n) is 6.52. The summed E-state index contributed by atoms with van der Waals surface area (Å²) in [5.74, 6) is 2.85. The Labute approximate surface area is 210 Å². The van der Waals surface area contributed by atoms with Gasteiger partial charge < -0.3 is 19.1 Å². The lowest BCUT2D eigenvalue weighted by atomic mass is 10.0. The Balaban J connectivity index is 0.00000274. The van der Waals surface area contributed by atoms with Gasteiger partial charge in [-0.05, 0) is 31.9 Å². The van der Waals surface area contributed by atoms with Crippen LogP contribution in [-0.4, -0.2) is 69.7 Å². The van der Waals surface area contributed by atoms with Crippen LogP contribution in [0.3, 0.4) is 0 Å². The van der Waals surface area contributed by atoms with Crippen molar-refractivity contribution in [3.05, 3.63) is 35.1 Å². The number of anilines is 1. The number of hydrogen-bond acceptors (Lipinski definition) is 6. The molecule has 1 atom stereocenters. The van der Waals surface area contributed by atoms with E-state index in [1.165, 1.54) is 0 Å². The van der Waals surface area contributed by atoms with Crippen LogP contribution < -0.4 is 4.90 Å². The van der Waals surface area contributed by atoms with E-state index in [2.05, 4.69) is 9.47 Å². The zero-order chi connectivity index (χ0) is 22.9. The Bertz CT molecular complexity index is 1170. The molecule has 2 aromatic heterocycles. The molecule has 2 fully saturated rings. The fourth-order valence-electron chi connectivity index (χ4n) is 4.78. The van der Waals surface area contributed by atoms with Gasteiger partial charge in [-0.15, -0.1) is 12.4 Å². The second-order valence-corrected chi connectivity index (χ2v) is 9.28. The van der Waals surface area contributed by atoms with Crippen LogP contribution in [0.1, 0.15) is 25.6 Å². The van der Waals surface area contributed by atoms with Gasteiger partial charge in [0.15, 0.2) is 17.0 Å². The fraction of sp³-hybridized carbons (Fsp3) is 0.500. The molecule has 3 aromatic rings. The number of piperazine rings is 1. The number of carbonyl (C=O) groups excluding carboxylic acids is 1. The maximum absolute atomic E-state index is 11.8. The first kappa shape index (κ1) is 24.7. The molecular weight excluding hydrogens is 475 g/mol. The Kier molecular flexibility index (Phi) is 7.60. The monoisotopic (exact) mass is 504 g/mol. The van der Waals surface area contributed by atoms with Crippen LogP contribution in [0.5, 0.6) is 0 Å². The molecule has 1 unspecified atom stereocenters. The van der Waals surface area contributed by atoms with Crippen molar-refractivity contribution in [1.82, 2.24) is 24.4 Å². The molecule has 0 radical (unpaired) electrons. The van der Waals surface area contributed by atoms with Crippen molar-refractivity contribution >= 4 is 46.9 Å². The molecule has 2 saturated heterocycles. The number of amides is 1. The molecule has 0 N–H and O–H groups in total. The van der Waals surface area contributed by atoms with E-state index in [0.717, 1.165) is 74.1 Å². The Morgan fingerprint density at radius 3 is 2.59 bits per heavy atom. The van der Waals surface area contributed by atoms with Crippen LogP contribution in [0, 0.1) is 12.8 Å². The summed E-state index contributed by atoms with van der Waals surface area (Å²) in [6.07, 6.45) is 2.18. The minimum atomic E-state index is 0. The maximum atomic E-state index is 11.8. The SMILES string of the molecule is CC(=O)N1CCN(c2nc(C)nc3c2nc(-c2ccccc2Cl)n3CC2CCCOC2)CC1.Cl. The van der Waals surface area contributed by atoms with Crippen molar-refractivity contribution in [2.24, 2.45) is 5.92 Å². The molecular formula is C24H30Cl2N6O2. The summed E-state index contributed by atoms with van der Waals surface area (Å²) in [7, 11) is 0. The van der Waals surface area contributed by atoms with Gasteiger partial charge in [-0.25, -0.2) is 15.0 Å². The molecule has 2 aliphatic rings. The first-order valence-electron chi connectivity index (χ1n) is 11.6. The van der Waals surface area contributed by atoms with Gasteiger partial charge >= 0.3 is 0 Å². The van der Waals surface area contributed by atoms with Crippen LogP contribution >= 0.6 is 24.0 Å². The average molecular weight is 505 g/mol. The summed E-state index contributed by atoms with van der Waals surface area (Å²) in [6.45, 7) is 8.67. The van der Waals surface area contributed by atoms with E-state index < -0.39 is 0 Å². The minimum absolute atomic E-state index is 0. The highest BCUT2D eigenvalue weighted by Gasteiger charge is 2.27. The topological polar surface area (TPSA) is 76.4 Å². The number of nitrogens with zero attached hydrogens (tertiary/aromatic N) is 6. The molecule has 0 saturated carbocycles. The molecule has 182 valence electrons. The molecule has 5 rings (SSSR count). The highest BCUT2D eigenvalue weighted by molar-refractivity contribution is 6.33. The maximum Gasteiger partial charge on any atom is 0.219 e. The van der Waals surface area contributed by atoms with Crippen LogP contribution in [0.25, 0.3) is 22.6 Å². The van der Waals surface area contributed by atoms with Gasteiger partial charge in [-0.2, -0.15) is 0 Å². The van der Waals surface area contributed by atoms with Crippen molar-refractivity contribution in [2.45, 2.75) is 33.2 Å². The van der Waals surface area contributed by atoms with Gasteiger partial charge in [0.25, 0.3) is 0 Å². The van der Waals surface area contributed by atoms with E-state index in [0.29, 0.717) is 29.9 Å². The number of aromatic nitrogens is 4. The number of hydrogen-bond donors (Lipinski definition) is 0. The highest BCUT2D eigenvalue weighted by Crippen LogP contribution is 2.34. The summed E-state index contributed by atoms with van der Waals surface area (Å²) in [6, 6.07) is 7.80. The predicted octanol–water partition coefficient (Wildman–Crippen LogP) is 3.97. The second-order valence-electron chi connectivity index (χ2n) is 8.87. The number of benzene rings is 1. The molecule has 2 aliphatic heterocycles. The van der Waals surface area contributed by atoms with E-state index in [9.17, 15) is 4.79 Å². The summed E-state index contributed by atoms with van der Waals surface area (Å²) in [5.41, 5.74) is 2.49. The van der Waals surface area contributed by atoms with E-state index in [1.54, 1.807) is 6.92 Å². The molecule has 34 heavy (non-hydrogen) atoms. The zero-order valence-corrected chi connectivity index (χ0v) is 21.1. The molecule has 10 heteroatoms. The molecule has 4 heterocycles. The van der Waals surface area contributed by atoms with Gasteiger partial charge in [0.1, 0.15) is 11.6 Å². The standard InChI is InChI=1S/C24H29ClN6O2.ClH/c1-16-26-23(30-11-9-29(10-12-30)17(2)32)21-24(27-16)31(14-18-6-5-13-33-15-18)22(28-21)19-7-3-4-8-20(19)25;/h3-4,7-8,18H,5-6,9-15H2,1-2H3;1H. The van der Waals surface area contributed by atoms with Gasteiger partial charge in [0, 0.05) is 57.7 Å². The van der Waals surface area contributed by atoms with Crippen LogP contribution in [0.4, 0.5) is 5.82 Å². The number of imidazole rings is 1. The van der Waals surface area contributed by atoms with Gasteiger partial charge in [-0.1, -0.05) is 23.7 Å². The van der Waals surface area contributed by atoms with Crippen molar-refractivity contribution in [2.75, 3.05) is 44.3 Å². The largest absolute Gasteiger partial charge is 0.381 e. The smallest absolute Gasteiger partial charge is 0.219 e. The Hall–Kier alpha value is -2.42. The number of carbonyl (C=O) groups is 1.